The Hall–Kier alpha value is -1.28. The SMILES string of the molecule is Cc1ccc(S(=O)(=O)OC([C]=S)CSc2ccccn2)cc1. The van der Waals surface area contributed by atoms with Crippen molar-refractivity contribution in [2.45, 2.75) is 22.9 Å². The van der Waals surface area contributed by atoms with E-state index in [9.17, 15) is 8.42 Å². The molecule has 0 saturated carbocycles. The molecule has 22 heavy (non-hydrogen) atoms. The quantitative estimate of drug-likeness (QED) is 0.433. The first-order valence-electron chi connectivity index (χ1n) is 6.43. The van der Waals surface area contributed by atoms with Gasteiger partial charge < -0.3 is 0 Å². The topological polar surface area (TPSA) is 56.3 Å². The first-order chi connectivity index (χ1) is 10.5. The van der Waals surface area contributed by atoms with Crippen LogP contribution in [0.15, 0.2) is 58.6 Å². The molecule has 1 aromatic carbocycles. The molecule has 1 unspecified atom stereocenters. The van der Waals surface area contributed by atoms with Gasteiger partial charge in [-0.05, 0) is 31.2 Å². The van der Waals surface area contributed by atoms with E-state index in [4.69, 9.17) is 16.4 Å². The molecule has 0 N–H and O–H groups in total. The number of aromatic nitrogens is 1. The summed E-state index contributed by atoms with van der Waals surface area (Å²) in [4.78, 5) is 4.25. The molecular formula is C15H14NO3S3. The molecule has 0 aliphatic rings. The molecule has 1 atom stereocenters. The van der Waals surface area contributed by atoms with Gasteiger partial charge in [-0.2, -0.15) is 8.42 Å². The number of benzene rings is 1. The van der Waals surface area contributed by atoms with Crippen LogP contribution in [0.5, 0.6) is 0 Å². The van der Waals surface area contributed by atoms with Crippen LogP contribution in [0.4, 0.5) is 0 Å². The van der Waals surface area contributed by atoms with Gasteiger partial charge in [0.1, 0.15) is 6.10 Å². The van der Waals surface area contributed by atoms with Crippen molar-refractivity contribution in [1.82, 2.24) is 4.98 Å². The van der Waals surface area contributed by atoms with Gasteiger partial charge >= 0.3 is 0 Å². The number of aryl methyl sites for hydroxylation is 1. The minimum Gasteiger partial charge on any atom is -0.256 e. The molecule has 2 aromatic rings. The summed E-state index contributed by atoms with van der Waals surface area (Å²) in [5, 5.41) is 3.22. The van der Waals surface area contributed by atoms with Crippen molar-refractivity contribution in [3.05, 3.63) is 54.2 Å². The van der Waals surface area contributed by atoms with Crippen LogP contribution < -0.4 is 0 Å². The van der Waals surface area contributed by atoms with Gasteiger partial charge in [-0.3, -0.25) is 4.18 Å². The van der Waals surface area contributed by atoms with Crippen LogP contribution >= 0.6 is 24.0 Å². The summed E-state index contributed by atoms with van der Waals surface area (Å²) in [6.07, 6.45) is 0.857. The van der Waals surface area contributed by atoms with E-state index >= 15 is 0 Å². The average Bonchev–Trinajstić information content (AvgIpc) is 2.52. The molecule has 1 radical (unpaired) electrons. The maximum atomic E-state index is 12.2. The highest BCUT2D eigenvalue weighted by Gasteiger charge is 2.21. The van der Waals surface area contributed by atoms with E-state index in [1.54, 1.807) is 18.3 Å². The highest BCUT2D eigenvalue weighted by Crippen LogP contribution is 2.20. The van der Waals surface area contributed by atoms with E-state index in [1.807, 2.05) is 25.1 Å². The fourth-order valence-electron chi connectivity index (χ4n) is 1.59. The van der Waals surface area contributed by atoms with E-state index in [2.05, 4.69) is 10.4 Å². The monoisotopic (exact) mass is 352 g/mol. The molecular weight excluding hydrogens is 338 g/mol. The van der Waals surface area contributed by atoms with Crippen molar-refractivity contribution in [1.29, 1.82) is 0 Å². The van der Waals surface area contributed by atoms with Gasteiger partial charge in [-0.1, -0.05) is 36.0 Å². The Labute approximate surface area is 140 Å². The standard InChI is InChI=1S/C15H14NO3S3/c1-12-5-7-14(8-6-12)22(17,18)19-13(10-20)11-21-15-4-2-3-9-16-15/h2-9,13H,11H2,1H3. The lowest BCUT2D eigenvalue weighted by Gasteiger charge is -2.12. The van der Waals surface area contributed by atoms with Gasteiger partial charge in [-0.15, -0.1) is 11.8 Å². The molecule has 4 nitrogen and oxygen atoms in total. The highest BCUT2D eigenvalue weighted by molar-refractivity contribution is 7.99. The molecule has 0 aliphatic carbocycles. The summed E-state index contributed by atoms with van der Waals surface area (Å²) < 4.78 is 29.5. The molecule has 7 heteroatoms. The number of hydrogen-bond acceptors (Lipinski definition) is 6. The first-order valence-corrected chi connectivity index (χ1v) is 9.23. The summed E-state index contributed by atoms with van der Waals surface area (Å²) in [5.74, 6) is 0.325. The van der Waals surface area contributed by atoms with E-state index in [1.165, 1.54) is 23.9 Å². The zero-order valence-corrected chi connectivity index (χ0v) is 14.2. The Balaban J connectivity index is 2.02. The lowest BCUT2D eigenvalue weighted by Crippen LogP contribution is -2.21. The van der Waals surface area contributed by atoms with Crippen molar-refractivity contribution in [3.8, 4) is 0 Å². The smallest absolute Gasteiger partial charge is 0.256 e. The fraction of sp³-hybridized carbons (Fsp3) is 0.200. The normalized spacial score (nSPS) is 12.8. The van der Waals surface area contributed by atoms with Crippen molar-refractivity contribution >= 4 is 39.5 Å². The molecule has 0 fully saturated rings. The lowest BCUT2D eigenvalue weighted by atomic mass is 10.2. The van der Waals surface area contributed by atoms with Crippen molar-refractivity contribution in [3.63, 3.8) is 0 Å². The summed E-state index contributed by atoms with van der Waals surface area (Å²) >= 11 is 6.12. The van der Waals surface area contributed by atoms with E-state index < -0.39 is 16.2 Å². The molecule has 0 bridgehead atoms. The van der Waals surface area contributed by atoms with Crippen molar-refractivity contribution in [2.75, 3.05) is 5.75 Å². The van der Waals surface area contributed by atoms with Crippen molar-refractivity contribution in [2.24, 2.45) is 0 Å². The van der Waals surface area contributed by atoms with E-state index in [0.717, 1.165) is 10.6 Å². The third-order valence-electron chi connectivity index (χ3n) is 2.70. The Bertz CT molecular complexity index is 715. The van der Waals surface area contributed by atoms with Crippen LogP contribution in [0.3, 0.4) is 0 Å². The highest BCUT2D eigenvalue weighted by atomic mass is 32.2. The van der Waals surface area contributed by atoms with E-state index in [-0.39, 0.29) is 4.90 Å². The lowest BCUT2D eigenvalue weighted by molar-refractivity contribution is 0.301. The van der Waals surface area contributed by atoms with Crippen molar-refractivity contribution < 1.29 is 12.6 Å². The van der Waals surface area contributed by atoms with Gasteiger partial charge in [0, 0.05) is 11.9 Å². The predicted molar refractivity (Wildman–Crippen MR) is 90.8 cm³/mol. The third-order valence-corrected chi connectivity index (χ3v) is 5.31. The molecule has 1 aromatic heterocycles. The number of rotatable bonds is 7. The third kappa shape index (κ3) is 4.88. The second-order valence-corrected chi connectivity index (χ2v) is 7.30. The molecule has 0 saturated heterocycles. The number of thioether (sulfide) groups is 1. The van der Waals surface area contributed by atoms with Gasteiger partial charge in [0.25, 0.3) is 10.1 Å². The Morgan fingerprint density at radius 2 is 2.00 bits per heavy atom. The average molecular weight is 352 g/mol. The minimum absolute atomic E-state index is 0.108. The van der Waals surface area contributed by atoms with Gasteiger partial charge in [0.15, 0.2) is 0 Å². The maximum absolute atomic E-state index is 12.2. The molecule has 2 rings (SSSR count). The number of thiocarbonyl (C=S) groups is 1. The zero-order valence-electron chi connectivity index (χ0n) is 11.8. The molecule has 1 heterocycles. The van der Waals surface area contributed by atoms with E-state index in [0.29, 0.717) is 5.75 Å². The summed E-state index contributed by atoms with van der Waals surface area (Å²) in [6.45, 7) is 1.88. The molecule has 0 aliphatic heterocycles. The van der Waals surface area contributed by atoms with Crippen LogP contribution in [0.2, 0.25) is 0 Å². The summed E-state index contributed by atoms with van der Waals surface area (Å²) in [5.41, 5.74) is 0.975. The van der Waals surface area contributed by atoms with Gasteiger partial charge in [0.05, 0.1) is 15.3 Å². The van der Waals surface area contributed by atoms with Crippen LogP contribution in [-0.4, -0.2) is 30.6 Å². The van der Waals surface area contributed by atoms with Crippen LogP contribution in [0.25, 0.3) is 0 Å². The first kappa shape index (κ1) is 17.1. The molecule has 0 amide bonds. The Morgan fingerprint density at radius 3 is 2.59 bits per heavy atom. The van der Waals surface area contributed by atoms with Crippen LogP contribution in [0, 0.1) is 6.92 Å². The molecule has 115 valence electrons. The maximum Gasteiger partial charge on any atom is 0.297 e. The largest absolute Gasteiger partial charge is 0.297 e. The number of pyridine rings is 1. The van der Waals surface area contributed by atoms with Crippen LogP contribution in [0.1, 0.15) is 5.56 Å². The number of hydrogen-bond donors (Lipinski definition) is 0. The minimum atomic E-state index is -3.86. The summed E-state index contributed by atoms with van der Waals surface area (Å²) in [7, 11) is -3.86. The molecule has 0 spiro atoms. The second-order valence-electron chi connectivity index (χ2n) is 4.45. The van der Waals surface area contributed by atoms with Gasteiger partial charge in [-0.25, -0.2) is 4.98 Å². The van der Waals surface area contributed by atoms with Crippen LogP contribution in [-0.2, 0) is 14.3 Å². The zero-order chi connectivity index (χ0) is 16.0. The summed E-state index contributed by atoms with van der Waals surface area (Å²) in [6, 6.07) is 12.0. The fourth-order valence-corrected chi connectivity index (χ4v) is 3.76. The predicted octanol–water partition coefficient (Wildman–Crippen LogP) is 3.13. The Morgan fingerprint density at radius 1 is 1.27 bits per heavy atom. The Kier molecular flexibility index (Phi) is 6.07. The number of nitrogens with zero attached hydrogens (tertiary/aromatic N) is 1. The van der Waals surface area contributed by atoms with Gasteiger partial charge in [0.2, 0.25) is 0 Å². The second kappa shape index (κ2) is 7.82.